The quantitative estimate of drug-likeness (QED) is 0.349. The van der Waals surface area contributed by atoms with Crippen molar-refractivity contribution < 1.29 is 33.1 Å². The Morgan fingerprint density at radius 1 is 1.00 bits per heavy atom. The molecule has 0 aliphatic heterocycles. The number of methoxy groups -OCH3 is 4. The van der Waals surface area contributed by atoms with Crippen LogP contribution >= 0.6 is 0 Å². The number of hydrogen-bond donors (Lipinski definition) is 1. The van der Waals surface area contributed by atoms with Gasteiger partial charge in [-0.1, -0.05) is 23.4 Å². The van der Waals surface area contributed by atoms with E-state index in [9.17, 15) is 9.59 Å². The second kappa shape index (κ2) is 13.0. The number of carbonyl (C=O) groups is 2. The number of rotatable bonds is 13. The van der Waals surface area contributed by atoms with E-state index in [1.165, 1.54) is 32.3 Å². The molecule has 0 radical (unpaired) electrons. The molecule has 1 aromatic heterocycles. The molecule has 3 aromatic rings. The zero-order chi connectivity index (χ0) is 26.8. The van der Waals surface area contributed by atoms with Gasteiger partial charge in [0.15, 0.2) is 23.0 Å². The lowest BCUT2D eigenvalue weighted by Gasteiger charge is -2.21. The van der Waals surface area contributed by atoms with Crippen LogP contribution in [0, 0.1) is 0 Å². The van der Waals surface area contributed by atoms with Gasteiger partial charge in [0.1, 0.15) is 5.75 Å². The standard InChI is InChI=1S/C27H31N3O7/c1-6-13-30(27(32)19-14-23(34-3)25(36-5)24(15-19)35-4)17-21-16-22(29-37-21)26(31)28-12-11-18-7-9-20(33-2)10-8-18/h6-10,14-16H,1,11-13,17H2,2-5H3,(H,28,31). The van der Waals surface area contributed by atoms with Gasteiger partial charge in [0.2, 0.25) is 5.75 Å². The Morgan fingerprint density at radius 3 is 2.24 bits per heavy atom. The maximum atomic E-state index is 13.3. The predicted octanol–water partition coefficient (Wildman–Crippen LogP) is 3.51. The van der Waals surface area contributed by atoms with E-state index < -0.39 is 0 Å². The third-order valence-electron chi connectivity index (χ3n) is 5.54. The van der Waals surface area contributed by atoms with Gasteiger partial charge in [-0.3, -0.25) is 9.59 Å². The van der Waals surface area contributed by atoms with E-state index in [0.29, 0.717) is 41.5 Å². The van der Waals surface area contributed by atoms with Gasteiger partial charge in [-0.2, -0.15) is 0 Å². The number of hydrogen-bond acceptors (Lipinski definition) is 8. The highest BCUT2D eigenvalue weighted by atomic mass is 16.5. The number of nitrogens with zero attached hydrogens (tertiary/aromatic N) is 2. The molecule has 0 saturated carbocycles. The lowest BCUT2D eigenvalue weighted by Crippen LogP contribution is -2.30. The van der Waals surface area contributed by atoms with E-state index in [1.54, 1.807) is 25.3 Å². The van der Waals surface area contributed by atoms with Gasteiger partial charge in [0, 0.05) is 24.7 Å². The maximum Gasteiger partial charge on any atom is 0.273 e. The second-order valence-corrected chi connectivity index (χ2v) is 7.92. The van der Waals surface area contributed by atoms with Crippen LogP contribution in [0.5, 0.6) is 23.0 Å². The highest BCUT2D eigenvalue weighted by Crippen LogP contribution is 2.38. The molecule has 0 aliphatic rings. The molecule has 2 aromatic carbocycles. The van der Waals surface area contributed by atoms with Gasteiger partial charge in [-0.15, -0.1) is 6.58 Å². The molecule has 0 fully saturated rings. The van der Waals surface area contributed by atoms with Crippen molar-refractivity contribution in [3.05, 3.63) is 77.7 Å². The van der Waals surface area contributed by atoms with E-state index in [4.69, 9.17) is 23.5 Å². The van der Waals surface area contributed by atoms with Crippen LogP contribution in [0.4, 0.5) is 0 Å². The van der Waals surface area contributed by atoms with Crippen LogP contribution in [0.15, 0.2) is 59.6 Å². The summed E-state index contributed by atoms with van der Waals surface area (Å²) in [5, 5.41) is 6.69. The minimum atomic E-state index is -0.366. The van der Waals surface area contributed by atoms with Gasteiger partial charge in [0.05, 0.1) is 35.0 Å². The molecule has 1 heterocycles. The molecule has 0 saturated heterocycles. The Labute approximate surface area is 215 Å². The molecular weight excluding hydrogens is 478 g/mol. The molecular formula is C27H31N3O7. The highest BCUT2D eigenvalue weighted by Gasteiger charge is 2.23. The third kappa shape index (κ3) is 6.81. The van der Waals surface area contributed by atoms with Crippen molar-refractivity contribution in [3.63, 3.8) is 0 Å². The average Bonchev–Trinajstić information content (AvgIpc) is 3.40. The Hall–Kier alpha value is -4.47. The Kier molecular flexibility index (Phi) is 9.54. The van der Waals surface area contributed by atoms with E-state index in [0.717, 1.165) is 11.3 Å². The molecule has 10 heteroatoms. The number of nitrogens with one attached hydrogen (secondary N) is 1. The molecule has 0 spiro atoms. The van der Waals surface area contributed by atoms with Crippen molar-refractivity contribution in [1.82, 2.24) is 15.4 Å². The minimum Gasteiger partial charge on any atom is -0.497 e. The first-order chi connectivity index (χ1) is 17.9. The smallest absolute Gasteiger partial charge is 0.273 e. The first-order valence-corrected chi connectivity index (χ1v) is 11.5. The summed E-state index contributed by atoms with van der Waals surface area (Å²) >= 11 is 0. The molecule has 0 aliphatic carbocycles. The zero-order valence-electron chi connectivity index (χ0n) is 21.4. The van der Waals surface area contributed by atoms with Crippen LogP contribution in [0.1, 0.15) is 32.2 Å². The van der Waals surface area contributed by atoms with Gasteiger partial charge in [0.25, 0.3) is 11.8 Å². The summed E-state index contributed by atoms with van der Waals surface area (Å²) in [7, 11) is 6.06. The summed E-state index contributed by atoms with van der Waals surface area (Å²) < 4.78 is 26.5. The maximum absolute atomic E-state index is 13.3. The molecule has 37 heavy (non-hydrogen) atoms. The predicted molar refractivity (Wildman–Crippen MR) is 137 cm³/mol. The lowest BCUT2D eigenvalue weighted by atomic mass is 10.1. The van der Waals surface area contributed by atoms with Crippen LogP contribution in [-0.4, -0.2) is 63.4 Å². The number of amides is 2. The number of aromatic nitrogens is 1. The zero-order valence-corrected chi connectivity index (χ0v) is 21.4. The van der Waals surface area contributed by atoms with Gasteiger partial charge in [-0.05, 0) is 36.2 Å². The fraction of sp³-hybridized carbons (Fsp3) is 0.296. The van der Waals surface area contributed by atoms with Gasteiger partial charge in [-0.25, -0.2) is 0 Å². The van der Waals surface area contributed by atoms with Crippen molar-refractivity contribution in [2.24, 2.45) is 0 Å². The van der Waals surface area contributed by atoms with Gasteiger partial charge >= 0.3 is 0 Å². The first kappa shape index (κ1) is 27.1. The van der Waals surface area contributed by atoms with E-state index in [-0.39, 0.29) is 30.6 Å². The summed E-state index contributed by atoms with van der Waals surface area (Å²) in [6, 6.07) is 12.3. The van der Waals surface area contributed by atoms with Crippen molar-refractivity contribution in [2.45, 2.75) is 13.0 Å². The second-order valence-electron chi connectivity index (χ2n) is 7.92. The van der Waals surface area contributed by atoms with E-state index >= 15 is 0 Å². The summed E-state index contributed by atoms with van der Waals surface area (Å²) in [6.45, 7) is 4.47. The number of ether oxygens (including phenoxy) is 4. The van der Waals surface area contributed by atoms with Crippen LogP contribution in [-0.2, 0) is 13.0 Å². The minimum absolute atomic E-state index is 0.0770. The molecule has 10 nitrogen and oxygen atoms in total. The van der Waals surface area contributed by atoms with Crippen LogP contribution < -0.4 is 24.3 Å². The molecule has 0 bridgehead atoms. The Bertz CT molecular complexity index is 1200. The van der Waals surface area contributed by atoms with Crippen molar-refractivity contribution in [2.75, 3.05) is 41.5 Å². The average molecular weight is 510 g/mol. The largest absolute Gasteiger partial charge is 0.497 e. The SMILES string of the molecule is C=CCN(Cc1cc(C(=O)NCCc2ccc(OC)cc2)no1)C(=O)c1cc(OC)c(OC)c(OC)c1. The first-order valence-electron chi connectivity index (χ1n) is 11.5. The normalized spacial score (nSPS) is 10.4. The Morgan fingerprint density at radius 2 is 1.68 bits per heavy atom. The molecule has 0 unspecified atom stereocenters. The number of benzene rings is 2. The van der Waals surface area contributed by atoms with E-state index in [1.807, 2.05) is 24.3 Å². The summed E-state index contributed by atoms with van der Waals surface area (Å²) in [4.78, 5) is 27.3. The van der Waals surface area contributed by atoms with Crippen LogP contribution in [0.2, 0.25) is 0 Å². The van der Waals surface area contributed by atoms with E-state index in [2.05, 4.69) is 17.1 Å². The molecule has 2 amide bonds. The topological polar surface area (TPSA) is 112 Å². The fourth-order valence-electron chi connectivity index (χ4n) is 3.65. The Balaban J connectivity index is 1.66. The van der Waals surface area contributed by atoms with Crippen molar-refractivity contribution in [1.29, 1.82) is 0 Å². The highest BCUT2D eigenvalue weighted by molar-refractivity contribution is 5.96. The van der Waals surface area contributed by atoms with Gasteiger partial charge < -0.3 is 33.7 Å². The van der Waals surface area contributed by atoms with Crippen molar-refractivity contribution >= 4 is 11.8 Å². The summed E-state index contributed by atoms with van der Waals surface area (Å²) in [6.07, 6.45) is 2.25. The van der Waals surface area contributed by atoms with Crippen LogP contribution in [0.25, 0.3) is 0 Å². The van der Waals surface area contributed by atoms with Crippen molar-refractivity contribution in [3.8, 4) is 23.0 Å². The molecule has 0 atom stereocenters. The monoisotopic (exact) mass is 509 g/mol. The molecule has 3 rings (SSSR count). The summed E-state index contributed by atoms with van der Waals surface area (Å²) in [5.74, 6) is 1.54. The molecule has 1 N–H and O–H groups in total. The lowest BCUT2D eigenvalue weighted by molar-refractivity contribution is 0.0746. The molecule has 196 valence electrons. The summed E-state index contributed by atoms with van der Waals surface area (Å²) in [5.41, 5.74) is 1.52. The van der Waals surface area contributed by atoms with Crippen LogP contribution in [0.3, 0.4) is 0 Å². The number of carbonyl (C=O) groups excluding carboxylic acids is 2. The fourth-order valence-corrected chi connectivity index (χ4v) is 3.65. The third-order valence-corrected chi connectivity index (χ3v) is 5.54.